The topological polar surface area (TPSA) is 46.2 Å². The smallest absolute Gasteiger partial charge is 0.212 e. The van der Waals surface area contributed by atoms with Crippen LogP contribution in [0.15, 0.2) is 30.3 Å². The van der Waals surface area contributed by atoms with Gasteiger partial charge in [0.05, 0.1) is 5.75 Å². The molecule has 1 aromatic rings. The molecule has 0 bridgehead atoms. The first-order valence-electron chi connectivity index (χ1n) is 6.67. The van der Waals surface area contributed by atoms with Crippen LogP contribution in [-0.2, 0) is 10.0 Å². The Bertz CT molecular complexity index is 466. The van der Waals surface area contributed by atoms with Gasteiger partial charge in [-0.15, -0.1) is 0 Å². The zero-order valence-corrected chi connectivity index (χ0v) is 11.6. The summed E-state index contributed by atoms with van der Waals surface area (Å²) >= 11 is 0. The highest BCUT2D eigenvalue weighted by molar-refractivity contribution is 7.89. The largest absolute Gasteiger partial charge is 0.212 e. The van der Waals surface area contributed by atoms with Crippen molar-refractivity contribution < 1.29 is 8.42 Å². The lowest BCUT2D eigenvalue weighted by atomic mass is 10.0. The molecule has 0 amide bonds. The normalized spacial score (nSPS) is 17.6. The SMILES string of the molecule is CCCCS(=O)(=O)N[C@@H](c1ccccc1)C1CC1. The van der Waals surface area contributed by atoms with Gasteiger partial charge in [-0.25, -0.2) is 13.1 Å². The molecule has 4 heteroatoms. The van der Waals surface area contributed by atoms with Gasteiger partial charge >= 0.3 is 0 Å². The van der Waals surface area contributed by atoms with Crippen LogP contribution in [0.5, 0.6) is 0 Å². The van der Waals surface area contributed by atoms with Crippen molar-refractivity contribution in [2.24, 2.45) is 5.92 Å². The van der Waals surface area contributed by atoms with Crippen LogP contribution < -0.4 is 4.72 Å². The van der Waals surface area contributed by atoms with E-state index in [1.165, 1.54) is 0 Å². The quantitative estimate of drug-likeness (QED) is 0.825. The number of benzene rings is 1. The summed E-state index contributed by atoms with van der Waals surface area (Å²) < 4.78 is 26.9. The van der Waals surface area contributed by atoms with Gasteiger partial charge in [-0.2, -0.15) is 0 Å². The number of sulfonamides is 1. The molecule has 0 spiro atoms. The average Bonchev–Trinajstić information content (AvgIpc) is 3.19. The lowest BCUT2D eigenvalue weighted by molar-refractivity contribution is 0.527. The van der Waals surface area contributed by atoms with E-state index in [2.05, 4.69) is 4.72 Å². The summed E-state index contributed by atoms with van der Waals surface area (Å²) in [6, 6.07) is 9.86. The average molecular weight is 267 g/mol. The molecule has 1 aromatic carbocycles. The molecule has 3 nitrogen and oxygen atoms in total. The summed E-state index contributed by atoms with van der Waals surface area (Å²) in [5.74, 6) is 0.711. The Kier molecular flexibility index (Phi) is 4.40. The van der Waals surface area contributed by atoms with E-state index in [4.69, 9.17) is 0 Å². The van der Waals surface area contributed by atoms with Crippen molar-refractivity contribution >= 4 is 10.0 Å². The molecule has 0 aromatic heterocycles. The Morgan fingerprint density at radius 1 is 1.28 bits per heavy atom. The third-order valence-electron chi connectivity index (χ3n) is 3.33. The Morgan fingerprint density at radius 3 is 2.50 bits per heavy atom. The second-order valence-corrected chi connectivity index (χ2v) is 6.89. The van der Waals surface area contributed by atoms with Gasteiger partial charge in [0.1, 0.15) is 0 Å². The molecular formula is C14H21NO2S. The first-order chi connectivity index (χ1) is 8.62. The standard InChI is InChI=1S/C14H21NO2S/c1-2-3-11-18(16,17)15-14(13-9-10-13)12-7-5-4-6-8-12/h4-8,13-15H,2-3,9-11H2,1H3/t14-/m0/s1. The number of nitrogens with one attached hydrogen (secondary N) is 1. The number of unbranched alkanes of at least 4 members (excludes halogenated alkanes) is 1. The molecule has 1 N–H and O–H groups in total. The van der Waals surface area contributed by atoms with Crippen LogP contribution in [0.4, 0.5) is 0 Å². The Labute approximate surface area is 110 Å². The van der Waals surface area contributed by atoms with Crippen LogP contribution in [0.25, 0.3) is 0 Å². The molecule has 0 radical (unpaired) electrons. The molecule has 1 aliphatic rings. The predicted octanol–water partition coefficient (Wildman–Crippen LogP) is 2.86. The molecule has 0 heterocycles. The maximum Gasteiger partial charge on any atom is 0.212 e. The van der Waals surface area contributed by atoms with Crippen molar-refractivity contribution in [1.29, 1.82) is 0 Å². The summed E-state index contributed by atoms with van der Waals surface area (Å²) in [4.78, 5) is 0. The summed E-state index contributed by atoms with van der Waals surface area (Å²) in [6.45, 7) is 2.01. The van der Waals surface area contributed by atoms with Gasteiger partial charge in [0.2, 0.25) is 10.0 Å². The Balaban J connectivity index is 2.08. The third-order valence-corrected chi connectivity index (χ3v) is 4.76. The molecule has 0 saturated heterocycles. The molecule has 1 atom stereocenters. The van der Waals surface area contributed by atoms with E-state index < -0.39 is 10.0 Å². The summed E-state index contributed by atoms with van der Waals surface area (Å²) in [7, 11) is -3.15. The van der Waals surface area contributed by atoms with Crippen molar-refractivity contribution in [2.75, 3.05) is 5.75 Å². The third kappa shape index (κ3) is 3.82. The van der Waals surface area contributed by atoms with E-state index in [0.717, 1.165) is 31.2 Å². The Morgan fingerprint density at radius 2 is 1.94 bits per heavy atom. The maximum atomic E-state index is 12.0. The zero-order chi connectivity index (χ0) is 13.0. The minimum atomic E-state index is -3.15. The van der Waals surface area contributed by atoms with Crippen LogP contribution in [0, 0.1) is 5.92 Å². The van der Waals surface area contributed by atoms with E-state index in [9.17, 15) is 8.42 Å². The molecule has 100 valence electrons. The fourth-order valence-corrected chi connectivity index (χ4v) is 3.62. The van der Waals surface area contributed by atoms with Crippen LogP contribution in [-0.4, -0.2) is 14.2 Å². The Hall–Kier alpha value is -0.870. The van der Waals surface area contributed by atoms with Crippen molar-refractivity contribution in [1.82, 2.24) is 4.72 Å². The van der Waals surface area contributed by atoms with Crippen LogP contribution in [0.1, 0.15) is 44.2 Å². The summed E-state index contributed by atoms with van der Waals surface area (Å²) in [5, 5.41) is 0. The van der Waals surface area contributed by atoms with Crippen molar-refractivity contribution in [2.45, 2.75) is 38.6 Å². The lowest BCUT2D eigenvalue weighted by Crippen LogP contribution is -2.31. The summed E-state index contributed by atoms with van der Waals surface area (Å²) in [6.07, 6.45) is 3.87. The molecule has 2 rings (SSSR count). The fraction of sp³-hybridized carbons (Fsp3) is 0.571. The van der Waals surface area contributed by atoms with Gasteiger partial charge in [0.15, 0.2) is 0 Å². The van der Waals surface area contributed by atoms with E-state index >= 15 is 0 Å². The molecule has 0 unspecified atom stereocenters. The minimum absolute atomic E-state index is 0.0342. The lowest BCUT2D eigenvalue weighted by Gasteiger charge is -2.18. The maximum absolute atomic E-state index is 12.0. The van der Waals surface area contributed by atoms with Crippen molar-refractivity contribution in [3.8, 4) is 0 Å². The second-order valence-electron chi connectivity index (χ2n) is 5.02. The summed E-state index contributed by atoms with van der Waals surface area (Å²) in [5.41, 5.74) is 1.08. The molecule has 18 heavy (non-hydrogen) atoms. The van der Waals surface area contributed by atoms with Crippen LogP contribution in [0.3, 0.4) is 0 Å². The van der Waals surface area contributed by atoms with Gasteiger partial charge in [0, 0.05) is 6.04 Å². The highest BCUT2D eigenvalue weighted by Gasteiger charge is 2.34. The monoisotopic (exact) mass is 267 g/mol. The minimum Gasteiger partial charge on any atom is -0.212 e. The van der Waals surface area contributed by atoms with E-state index in [0.29, 0.717) is 5.92 Å². The van der Waals surface area contributed by atoms with Crippen molar-refractivity contribution in [3.63, 3.8) is 0 Å². The highest BCUT2D eigenvalue weighted by Crippen LogP contribution is 2.41. The van der Waals surface area contributed by atoms with Gasteiger partial charge in [0.25, 0.3) is 0 Å². The van der Waals surface area contributed by atoms with E-state index in [1.807, 2.05) is 37.3 Å². The van der Waals surface area contributed by atoms with Crippen LogP contribution >= 0.6 is 0 Å². The van der Waals surface area contributed by atoms with Gasteiger partial charge in [-0.1, -0.05) is 43.7 Å². The molecule has 1 fully saturated rings. The van der Waals surface area contributed by atoms with E-state index in [1.54, 1.807) is 0 Å². The first kappa shape index (κ1) is 13.6. The molecule has 0 aliphatic heterocycles. The van der Waals surface area contributed by atoms with Gasteiger partial charge in [-0.3, -0.25) is 0 Å². The molecule has 1 saturated carbocycles. The molecular weight excluding hydrogens is 246 g/mol. The molecule has 1 aliphatic carbocycles. The van der Waals surface area contributed by atoms with Crippen molar-refractivity contribution in [3.05, 3.63) is 35.9 Å². The number of hydrogen-bond donors (Lipinski definition) is 1. The second kappa shape index (κ2) is 5.85. The first-order valence-corrected chi connectivity index (χ1v) is 8.32. The number of rotatable bonds is 7. The highest BCUT2D eigenvalue weighted by atomic mass is 32.2. The van der Waals surface area contributed by atoms with Gasteiger partial charge in [-0.05, 0) is 30.7 Å². The zero-order valence-electron chi connectivity index (χ0n) is 10.8. The number of hydrogen-bond acceptors (Lipinski definition) is 2. The van der Waals surface area contributed by atoms with Gasteiger partial charge < -0.3 is 0 Å². The van der Waals surface area contributed by atoms with E-state index in [-0.39, 0.29) is 11.8 Å². The predicted molar refractivity (Wildman–Crippen MR) is 73.7 cm³/mol. The van der Waals surface area contributed by atoms with Crippen LogP contribution in [0.2, 0.25) is 0 Å². The fourth-order valence-electron chi connectivity index (χ4n) is 2.11.